The first-order valence-corrected chi connectivity index (χ1v) is 10.6. The highest BCUT2D eigenvalue weighted by Crippen LogP contribution is 2.32. The quantitative estimate of drug-likeness (QED) is 0.705. The lowest BCUT2D eigenvalue weighted by Crippen LogP contribution is -2.42. The van der Waals surface area contributed by atoms with Crippen LogP contribution in [-0.4, -0.2) is 33.9 Å². The molecule has 0 radical (unpaired) electrons. The Kier molecular flexibility index (Phi) is 6.04. The number of halogens is 1. The maximum atomic E-state index is 12.7. The molecule has 1 heterocycles. The highest BCUT2D eigenvalue weighted by molar-refractivity contribution is 7.85. The van der Waals surface area contributed by atoms with Crippen molar-refractivity contribution in [2.24, 2.45) is 5.92 Å². The molecule has 0 N–H and O–H groups in total. The van der Waals surface area contributed by atoms with Crippen molar-refractivity contribution in [3.8, 4) is 0 Å². The van der Waals surface area contributed by atoms with Crippen LogP contribution in [0.2, 0.25) is 5.02 Å². The smallest absolute Gasteiger partial charge is 0.414 e. The minimum Gasteiger partial charge on any atom is -0.444 e. The summed E-state index contributed by atoms with van der Waals surface area (Å²) in [6, 6.07) is 14.7. The lowest BCUT2D eigenvalue weighted by Gasteiger charge is -2.33. The number of rotatable bonds is 5. The number of hydrogen-bond donors (Lipinski definition) is 0. The topological polar surface area (TPSA) is 72.9 Å². The van der Waals surface area contributed by atoms with Gasteiger partial charge in [0.15, 0.2) is 0 Å². The van der Waals surface area contributed by atoms with E-state index >= 15 is 0 Å². The highest BCUT2D eigenvalue weighted by Gasteiger charge is 2.30. The SMILES string of the molecule is CS(=O)(=O)OC[C@H]1Cc2cc(Cl)ccc2N(C(=O)OCc2ccccc2)C1. The largest absolute Gasteiger partial charge is 0.444 e. The maximum absolute atomic E-state index is 12.7. The number of ether oxygens (including phenoxy) is 1. The van der Waals surface area contributed by atoms with Gasteiger partial charge in [-0.25, -0.2) is 4.79 Å². The molecule has 0 saturated heterocycles. The Labute approximate surface area is 163 Å². The second kappa shape index (κ2) is 8.29. The molecule has 0 spiro atoms. The third-order valence-corrected chi connectivity index (χ3v) is 5.02. The molecule has 1 aliphatic rings. The zero-order chi connectivity index (χ0) is 19.4. The standard InChI is InChI=1S/C19H20ClNO5S/c1-27(23,24)26-13-15-9-16-10-17(20)7-8-18(16)21(11-15)19(22)25-12-14-5-3-2-4-6-14/h2-8,10,15H,9,11-13H2,1H3/t15-/m0/s1. The monoisotopic (exact) mass is 409 g/mol. The van der Waals surface area contributed by atoms with Gasteiger partial charge in [-0.05, 0) is 35.7 Å². The molecule has 1 atom stereocenters. The molecule has 0 bridgehead atoms. The normalized spacial score (nSPS) is 16.7. The van der Waals surface area contributed by atoms with Gasteiger partial charge < -0.3 is 4.74 Å². The van der Waals surface area contributed by atoms with E-state index in [1.54, 1.807) is 18.2 Å². The van der Waals surface area contributed by atoms with Crippen molar-refractivity contribution in [1.82, 2.24) is 0 Å². The summed E-state index contributed by atoms with van der Waals surface area (Å²) in [5.41, 5.74) is 2.46. The Morgan fingerprint density at radius 2 is 1.96 bits per heavy atom. The summed E-state index contributed by atoms with van der Waals surface area (Å²) in [6.07, 6.45) is 1.08. The van der Waals surface area contributed by atoms with E-state index in [2.05, 4.69) is 0 Å². The summed E-state index contributed by atoms with van der Waals surface area (Å²) in [4.78, 5) is 14.2. The van der Waals surface area contributed by atoms with E-state index in [1.165, 1.54) is 4.90 Å². The Morgan fingerprint density at radius 3 is 2.67 bits per heavy atom. The predicted octanol–water partition coefficient (Wildman–Crippen LogP) is 3.63. The van der Waals surface area contributed by atoms with Gasteiger partial charge >= 0.3 is 6.09 Å². The average molecular weight is 410 g/mol. The summed E-state index contributed by atoms with van der Waals surface area (Å²) in [6.45, 7) is 0.453. The number of benzene rings is 2. The second-order valence-electron chi connectivity index (χ2n) is 6.48. The summed E-state index contributed by atoms with van der Waals surface area (Å²) in [5.74, 6) is -0.185. The van der Waals surface area contributed by atoms with E-state index in [0.717, 1.165) is 17.4 Å². The van der Waals surface area contributed by atoms with Crippen molar-refractivity contribution in [3.63, 3.8) is 0 Å². The predicted molar refractivity (Wildman–Crippen MR) is 103 cm³/mol. The number of fused-ring (bicyclic) bond motifs is 1. The second-order valence-corrected chi connectivity index (χ2v) is 8.56. The number of nitrogens with zero attached hydrogens (tertiary/aromatic N) is 1. The lowest BCUT2D eigenvalue weighted by molar-refractivity contribution is 0.143. The molecule has 0 aliphatic carbocycles. The number of carbonyl (C=O) groups excluding carboxylic acids is 1. The van der Waals surface area contributed by atoms with Crippen molar-refractivity contribution in [2.75, 3.05) is 24.3 Å². The number of anilines is 1. The van der Waals surface area contributed by atoms with Crippen LogP contribution in [0.4, 0.5) is 10.5 Å². The van der Waals surface area contributed by atoms with Crippen LogP contribution in [0.1, 0.15) is 11.1 Å². The molecule has 0 saturated carbocycles. The number of carbonyl (C=O) groups is 1. The maximum Gasteiger partial charge on any atom is 0.414 e. The number of hydrogen-bond acceptors (Lipinski definition) is 5. The van der Waals surface area contributed by atoms with Gasteiger partial charge in [-0.1, -0.05) is 41.9 Å². The van der Waals surface area contributed by atoms with Gasteiger partial charge in [0.1, 0.15) is 6.61 Å². The van der Waals surface area contributed by atoms with Gasteiger partial charge in [0, 0.05) is 17.5 Å². The van der Waals surface area contributed by atoms with Crippen molar-refractivity contribution in [1.29, 1.82) is 0 Å². The molecule has 144 valence electrons. The van der Waals surface area contributed by atoms with E-state index in [0.29, 0.717) is 23.7 Å². The fraction of sp³-hybridized carbons (Fsp3) is 0.316. The molecule has 6 nitrogen and oxygen atoms in total. The third-order valence-electron chi connectivity index (χ3n) is 4.23. The molecule has 27 heavy (non-hydrogen) atoms. The Hall–Kier alpha value is -2.09. The molecule has 8 heteroatoms. The zero-order valence-electron chi connectivity index (χ0n) is 14.8. The first kappa shape index (κ1) is 19.7. The Balaban J connectivity index is 1.76. The molecule has 1 amide bonds. The minimum absolute atomic E-state index is 0.00669. The third kappa shape index (κ3) is 5.45. The molecular formula is C19H20ClNO5S. The van der Waals surface area contributed by atoms with Crippen molar-refractivity contribution in [2.45, 2.75) is 13.0 Å². The molecule has 0 fully saturated rings. The van der Waals surface area contributed by atoms with E-state index in [4.69, 9.17) is 20.5 Å². The van der Waals surface area contributed by atoms with Crippen LogP contribution in [0.5, 0.6) is 0 Å². The number of amides is 1. The highest BCUT2D eigenvalue weighted by atomic mass is 35.5. The van der Waals surface area contributed by atoms with Crippen molar-refractivity contribution >= 4 is 33.5 Å². The van der Waals surface area contributed by atoms with Crippen LogP contribution >= 0.6 is 11.6 Å². The fourth-order valence-corrected chi connectivity index (χ4v) is 3.65. The molecule has 2 aromatic rings. The van der Waals surface area contributed by atoms with E-state index in [-0.39, 0.29) is 19.1 Å². The van der Waals surface area contributed by atoms with Gasteiger partial charge in [0.25, 0.3) is 10.1 Å². The lowest BCUT2D eigenvalue weighted by atomic mass is 9.93. The minimum atomic E-state index is -3.55. The first-order chi connectivity index (χ1) is 12.8. The first-order valence-electron chi connectivity index (χ1n) is 8.43. The van der Waals surface area contributed by atoms with Crippen LogP contribution in [0.25, 0.3) is 0 Å². The van der Waals surface area contributed by atoms with Crippen molar-refractivity contribution < 1.29 is 22.1 Å². The van der Waals surface area contributed by atoms with Crippen LogP contribution in [0.15, 0.2) is 48.5 Å². The van der Waals surface area contributed by atoms with E-state index in [9.17, 15) is 13.2 Å². The average Bonchev–Trinajstić information content (AvgIpc) is 2.63. The van der Waals surface area contributed by atoms with Crippen LogP contribution in [-0.2, 0) is 32.1 Å². The molecule has 3 rings (SSSR count). The molecule has 0 aromatic heterocycles. The summed E-state index contributed by atoms with van der Waals surface area (Å²) >= 11 is 6.08. The summed E-state index contributed by atoms with van der Waals surface area (Å²) in [5, 5.41) is 0.552. The molecular weight excluding hydrogens is 390 g/mol. The summed E-state index contributed by atoms with van der Waals surface area (Å²) in [7, 11) is -3.55. The van der Waals surface area contributed by atoms with Gasteiger partial charge in [0.05, 0.1) is 18.6 Å². The Morgan fingerprint density at radius 1 is 1.22 bits per heavy atom. The van der Waals surface area contributed by atoms with E-state index < -0.39 is 16.2 Å². The van der Waals surface area contributed by atoms with Gasteiger partial charge in [0.2, 0.25) is 0 Å². The van der Waals surface area contributed by atoms with E-state index in [1.807, 2.05) is 30.3 Å². The van der Waals surface area contributed by atoms with Crippen LogP contribution in [0.3, 0.4) is 0 Å². The molecule has 2 aromatic carbocycles. The van der Waals surface area contributed by atoms with Gasteiger partial charge in [-0.2, -0.15) is 8.42 Å². The van der Waals surface area contributed by atoms with Crippen LogP contribution in [0, 0.1) is 5.92 Å². The van der Waals surface area contributed by atoms with Crippen molar-refractivity contribution in [3.05, 3.63) is 64.7 Å². The Bertz CT molecular complexity index is 917. The molecule has 1 aliphatic heterocycles. The van der Waals surface area contributed by atoms with Gasteiger partial charge in [-0.3, -0.25) is 9.08 Å². The fourth-order valence-electron chi connectivity index (χ4n) is 3.01. The molecule has 0 unspecified atom stereocenters. The van der Waals surface area contributed by atoms with Crippen LogP contribution < -0.4 is 4.90 Å². The zero-order valence-corrected chi connectivity index (χ0v) is 16.4. The summed E-state index contributed by atoms with van der Waals surface area (Å²) < 4.78 is 33.0. The van der Waals surface area contributed by atoms with Gasteiger partial charge in [-0.15, -0.1) is 0 Å².